The molecule has 0 radical (unpaired) electrons. The number of halogens is 1. The monoisotopic (exact) mass is 340 g/mol. The van der Waals surface area contributed by atoms with E-state index in [2.05, 4.69) is 21.2 Å². The Morgan fingerprint density at radius 1 is 1.42 bits per heavy atom. The molecule has 1 aromatic heterocycles. The minimum Gasteiger partial charge on any atom is -0.492 e. The molecule has 1 amide bonds. The van der Waals surface area contributed by atoms with Gasteiger partial charge in [0.1, 0.15) is 17.2 Å². The van der Waals surface area contributed by atoms with Crippen LogP contribution in [-0.4, -0.2) is 19.1 Å². The quantitative estimate of drug-likeness (QED) is 0.878. The van der Waals surface area contributed by atoms with Crippen molar-refractivity contribution in [3.63, 3.8) is 0 Å². The molecular weight excluding hydrogens is 328 g/mol. The molecule has 0 aliphatic heterocycles. The largest absolute Gasteiger partial charge is 0.492 e. The molecular formula is C13H13BrN2O2S. The van der Waals surface area contributed by atoms with Crippen molar-refractivity contribution in [2.45, 2.75) is 0 Å². The highest BCUT2D eigenvalue weighted by Gasteiger charge is 2.11. The molecule has 0 spiro atoms. The first-order chi connectivity index (χ1) is 9.20. The van der Waals surface area contributed by atoms with Gasteiger partial charge in [0.05, 0.1) is 0 Å². The van der Waals surface area contributed by atoms with E-state index < -0.39 is 0 Å². The first-order valence-electron chi connectivity index (χ1n) is 5.68. The molecule has 0 aliphatic rings. The molecule has 100 valence electrons. The van der Waals surface area contributed by atoms with Crippen LogP contribution in [0.2, 0.25) is 0 Å². The van der Waals surface area contributed by atoms with Crippen LogP contribution in [-0.2, 0) is 0 Å². The molecule has 1 heterocycles. The molecule has 19 heavy (non-hydrogen) atoms. The van der Waals surface area contributed by atoms with Crippen LogP contribution in [0.1, 0.15) is 9.67 Å². The average Bonchev–Trinajstić information content (AvgIpc) is 2.83. The number of amides is 1. The third-order valence-electron chi connectivity index (χ3n) is 2.30. The molecule has 0 atom stereocenters. The van der Waals surface area contributed by atoms with Gasteiger partial charge in [-0.1, -0.05) is 6.07 Å². The Balaban J connectivity index is 2.07. The zero-order valence-electron chi connectivity index (χ0n) is 10.1. The van der Waals surface area contributed by atoms with Crippen LogP contribution in [0, 0.1) is 0 Å². The predicted octanol–water partition coefficient (Wildman–Crippen LogP) is 3.10. The van der Waals surface area contributed by atoms with E-state index in [1.807, 2.05) is 29.6 Å². The fourth-order valence-corrected chi connectivity index (χ4v) is 2.93. The zero-order valence-corrected chi connectivity index (χ0v) is 12.5. The molecule has 0 bridgehead atoms. The van der Waals surface area contributed by atoms with E-state index in [-0.39, 0.29) is 5.91 Å². The van der Waals surface area contributed by atoms with E-state index in [0.717, 1.165) is 4.47 Å². The second-order valence-electron chi connectivity index (χ2n) is 3.72. The van der Waals surface area contributed by atoms with Crippen LogP contribution in [0.25, 0.3) is 0 Å². The summed E-state index contributed by atoms with van der Waals surface area (Å²) < 4.78 is 6.21. The molecule has 2 rings (SSSR count). The fraction of sp³-hybridized carbons (Fsp3) is 0.154. The van der Waals surface area contributed by atoms with Crippen molar-refractivity contribution in [1.29, 1.82) is 0 Å². The van der Waals surface area contributed by atoms with Gasteiger partial charge < -0.3 is 15.8 Å². The Bertz CT molecular complexity index is 571. The minimum absolute atomic E-state index is 0.141. The van der Waals surface area contributed by atoms with Gasteiger partial charge in [0.25, 0.3) is 5.91 Å². The summed E-state index contributed by atoms with van der Waals surface area (Å²) in [6, 6.07) is 9.08. The van der Waals surface area contributed by atoms with E-state index in [0.29, 0.717) is 29.5 Å². The molecule has 4 nitrogen and oxygen atoms in total. The van der Waals surface area contributed by atoms with Gasteiger partial charge in [-0.05, 0) is 39.5 Å². The number of thiophene rings is 1. The Morgan fingerprint density at radius 3 is 2.95 bits per heavy atom. The van der Waals surface area contributed by atoms with Crippen LogP contribution < -0.4 is 15.8 Å². The van der Waals surface area contributed by atoms with E-state index in [1.54, 1.807) is 6.07 Å². The summed E-state index contributed by atoms with van der Waals surface area (Å²) in [4.78, 5) is 12.7. The lowest BCUT2D eigenvalue weighted by Gasteiger charge is -2.08. The van der Waals surface area contributed by atoms with E-state index in [1.165, 1.54) is 11.3 Å². The molecule has 2 aromatic rings. The summed E-state index contributed by atoms with van der Waals surface area (Å²) in [5.74, 6) is 0.548. The van der Waals surface area contributed by atoms with Crippen molar-refractivity contribution in [2.75, 3.05) is 18.5 Å². The maximum atomic E-state index is 12.0. The summed E-state index contributed by atoms with van der Waals surface area (Å²) in [6.07, 6.45) is 0. The predicted molar refractivity (Wildman–Crippen MR) is 81.0 cm³/mol. The zero-order chi connectivity index (χ0) is 13.7. The second kappa shape index (κ2) is 6.70. The van der Waals surface area contributed by atoms with Gasteiger partial charge in [0.15, 0.2) is 0 Å². The Morgan fingerprint density at radius 2 is 2.26 bits per heavy atom. The highest BCUT2D eigenvalue weighted by atomic mass is 79.9. The third-order valence-corrected chi connectivity index (χ3v) is 4.14. The number of carbonyl (C=O) groups is 1. The van der Waals surface area contributed by atoms with Gasteiger partial charge in [-0.15, -0.1) is 11.3 Å². The molecule has 0 fully saturated rings. The van der Waals surface area contributed by atoms with Crippen LogP contribution in [0.5, 0.6) is 5.75 Å². The number of hydrogen-bond donors (Lipinski definition) is 2. The van der Waals surface area contributed by atoms with Crippen molar-refractivity contribution in [3.8, 4) is 5.75 Å². The summed E-state index contributed by atoms with van der Waals surface area (Å²) in [5.41, 5.74) is 6.07. The molecule has 6 heteroatoms. The Labute approximate surface area is 123 Å². The highest BCUT2D eigenvalue weighted by molar-refractivity contribution is 9.10. The van der Waals surface area contributed by atoms with E-state index in [9.17, 15) is 4.79 Å². The lowest BCUT2D eigenvalue weighted by atomic mass is 10.3. The topological polar surface area (TPSA) is 64.3 Å². The van der Waals surface area contributed by atoms with E-state index >= 15 is 0 Å². The van der Waals surface area contributed by atoms with Crippen LogP contribution in [0.3, 0.4) is 0 Å². The van der Waals surface area contributed by atoms with Crippen molar-refractivity contribution >= 4 is 38.9 Å². The van der Waals surface area contributed by atoms with Crippen LogP contribution in [0.15, 0.2) is 40.2 Å². The van der Waals surface area contributed by atoms with Crippen LogP contribution in [0.4, 0.5) is 5.69 Å². The number of benzene rings is 1. The summed E-state index contributed by atoms with van der Waals surface area (Å²) in [6.45, 7) is 0.909. The first-order valence-corrected chi connectivity index (χ1v) is 7.35. The van der Waals surface area contributed by atoms with Gasteiger partial charge >= 0.3 is 0 Å². The summed E-state index contributed by atoms with van der Waals surface area (Å²) in [7, 11) is 0. The van der Waals surface area contributed by atoms with Crippen LogP contribution >= 0.6 is 27.3 Å². The number of ether oxygens (including phenoxy) is 1. The number of anilines is 1. The summed E-state index contributed by atoms with van der Waals surface area (Å²) >= 11 is 4.73. The molecule has 0 unspecified atom stereocenters. The van der Waals surface area contributed by atoms with Gasteiger partial charge in [-0.2, -0.15) is 0 Å². The minimum atomic E-state index is -0.141. The average molecular weight is 341 g/mol. The smallest absolute Gasteiger partial charge is 0.266 e. The Hall–Kier alpha value is -1.37. The maximum absolute atomic E-state index is 12.0. The number of nitrogens with two attached hydrogens (primary N) is 1. The SMILES string of the molecule is NCCOc1cccc(NC(=O)c2sccc2Br)c1. The fourth-order valence-electron chi connectivity index (χ4n) is 1.48. The lowest BCUT2D eigenvalue weighted by Crippen LogP contribution is -2.12. The normalized spacial score (nSPS) is 10.2. The summed E-state index contributed by atoms with van der Waals surface area (Å²) in [5, 5.41) is 4.69. The lowest BCUT2D eigenvalue weighted by molar-refractivity contribution is 0.103. The number of hydrogen-bond acceptors (Lipinski definition) is 4. The van der Waals surface area contributed by atoms with Gasteiger partial charge in [0.2, 0.25) is 0 Å². The maximum Gasteiger partial charge on any atom is 0.266 e. The molecule has 0 saturated carbocycles. The van der Waals surface area contributed by atoms with Crippen molar-refractivity contribution < 1.29 is 9.53 Å². The first kappa shape index (κ1) is 14.0. The van der Waals surface area contributed by atoms with Gasteiger partial charge in [0, 0.05) is 22.8 Å². The second-order valence-corrected chi connectivity index (χ2v) is 5.49. The third kappa shape index (κ3) is 3.79. The van der Waals surface area contributed by atoms with E-state index in [4.69, 9.17) is 10.5 Å². The Kier molecular flexibility index (Phi) is 4.95. The van der Waals surface area contributed by atoms with Crippen molar-refractivity contribution in [2.24, 2.45) is 5.73 Å². The van der Waals surface area contributed by atoms with Gasteiger partial charge in [-0.25, -0.2) is 0 Å². The molecule has 1 aromatic carbocycles. The number of nitrogens with one attached hydrogen (secondary N) is 1. The van der Waals surface area contributed by atoms with Gasteiger partial charge in [-0.3, -0.25) is 4.79 Å². The van der Waals surface area contributed by atoms with Crippen molar-refractivity contribution in [3.05, 3.63) is 45.1 Å². The highest BCUT2D eigenvalue weighted by Crippen LogP contribution is 2.24. The molecule has 0 saturated heterocycles. The standard InChI is InChI=1S/C13H13BrN2O2S/c14-11-4-7-19-12(11)13(17)16-9-2-1-3-10(8-9)18-6-5-15/h1-4,7-8H,5-6,15H2,(H,16,17). The number of carbonyl (C=O) groups excluding carboxylic acids is 1. The molecule has 3 N–H and O–H groups in total. The number of rotatable bonds is 5. The van der Waals surface area contributed by atoms with Crippen molar-refractivity contribution in [1.82, 2.24) is 0 Å². The molecule has 0 aliphatic carbocycles.